The summed E-state index contributed by atoms with van der Waals surface area (Å²) in [6, 6.07) is 9.23. The molecule has 0 aliphatic rings. The number of hydrogen-bond acceptors (Lipinski definition) is 2. The fourth-order valence-corrected chi connectivity index (χ4v) is 1.31. The number of halogens is 1. The van der Waals surface area contributed by atoms with E-state index in [-0.39, 0.29) is 11.7 Å². The number of carbonyl (C=O) groups excluding carboxylic acids is 2. The lowest BCUT2D eigenvalue weighted by Crippen LogP contribution is -2.03. The summed E-state index contributed by atoms with van der Waals surface area (Å²) in [5.41, 5.74) is 0.763. The normalized spacial score (nSPS) is 10.2. The molecule has 1 unspecified atom stereocenters. The van der Waals surface area contributed by atoms with Gasteiger partial charge in [-0.3, -0.25) is 9.59 Å². The molecule has 0 spiro atoms. The summed E-state index contributed by atoms with van der Waals surface area (Å²) in [4.78, 5) is 21.3. The minimum atomic E-state index is 0.126. The molecule has 0 bridgehead atoms. The summed E-state index contributed by atoms with van der Waals surface area (Å²) in [5, 5.41) is 0.400. The van der Waals surface area contributed by atoms with E-state index in [2.05, 4.69) is 15.9 Å². The van der Waals surface area contributed by atoms with E-state index < -0.39 is 0 Å². The first kappa shape index (κ1) is 20.4. The first-order valence-corrected chi connectivity index (χ1v) is 7.79. The van der Waals surface area contributed by atoms with Crippen LogP contribution in [0, 0.1) is 5.92 Å². The SMILES string of the molecule is CC.CCC(C)C(C)=O.O=C(CBr)c1ccccc1. The van der Waals surface area contributed by atoms with Crippen molar-refractivity contribution in [1.82, 2.24) is 0 Å². The van der Waals surface area contributed by atoms with Crippen LogP contribution in [0.4, 0.5) is 0 Å². The van der Waals surface area contributed by atoms with E-state index >= 15 is 0 Å². The molecule has 0 aromatic heterocycles. The van der Waals surface area contributed by atoms with Gasteiger partial charge in [-0.05, 0) is 13.3 Å². The van der Waals surface area contributed by atoms with Crippen LogP contribution in [0.5, 0.6) is 0 Å². The quantitative estimate of drug-likeness (QED) is 0.581. The fraction of sp³-hybridized carbons (Fsp3) is 0.500. The van der Waals surface area contributed by atoms with Crippen LogP contribution < -0.4 is 0 Å². The molecule has 0 N–H and O–H groups in total. The molecule has 1 aromatic rings. The van der Waals surface area contributed by atoms with Gasteiger partial charge in [-0.2, -0.15) is 0 Å². The maximum absolute atomic E-state index is 11.0. The lowest BCUT2D eigenvalue weighted by Gasteiger charge is -1.98. The highest BCUT2D eigenvalue weighted by atomic mass is 79.9. The van der Waals surface area contributed by atoms with Crippen LogP contribution in [0.3, 0.4) is 0 Å². The van der Waals surface area contributed by atoms with Gasteiger partial charge in [0.1, 0.15) is 5.78 Å². The number of ketones is 2. The topological polar surface area (TPSA) is 34.1 Å². The Morgan fingerprint density at radius 1 is 1.16 bits per heavy atom. The molecule has 0 saturated carbocycles. The van der Waals surface area contributed by atoms with Crippen molar-refractivity contribution in [3.8, 4) is 0 Å². The van der Waals surface area contributed by atoms with Crippen molar-refractivity contribution < 1.29 is 9.59 Å². The Bertz CT molecular complexity index is 347. The van der Waals surface area contributed by atoms with E-state index in [1.165, 1.54) is 0 Å². The summed E-state index contributed by atoms with van der Waals surface area (Å²) < 4.78 is 0. The molecule has 1 rings (SSSR count). The molecule has 1 atom stereocenters. The number of Topliss-reactive ketones (excluding diaryl/α,β-unsaturated/α-hetero) is 2. The second kappa shape index (κ2) is 13.5. The molecule has 108 valence electrons. The highest BCUT2D eigenvalue weighted by Gasteiger charge is 2.01. The molecule has 0 saturated heterocycles. The Balaban J connectivity index is 0. The lowest BCUT2D eigenvalue weighted by molar-refractivity contribution is -0.120. The van der Waals surface area contributed by atoms with Crippen LogP contribution in [-0.4, -0.2) is 16.9 Å². The molecule has 19 heavy (non-hydrogen) atoms. The predicted molar refractivity (Wildman–Crippen MR) is 86.1 cm³/mol. The van der Waals surface area contributed by atoms with Gasteiger partial charge in [0, 0.05) is 11.5 Å². The second-order valence-corrected chi connectivity index (χ2v) is 4.40. The van der Waals surface area contributed by atoms with Gasteiger partial charge in [0.15, 0.2) is 5.78 Å². The maximum Gasteiger partial charge on any atom is 0.173 e. The standard InChI is InChI=1S/C8H7BrO.C6H12O.C2H6/c9-6-8(10)7-4-2-1-3-5-7;1-4-5(2)6(3)7;1-2/h1-5H,6H2;5H,4H2,1-3H3;1-2H3. The lowest BCUT2D eigenvalue weighted by atomic mass is 10.1. The molecular weight excluding hydrogens is 304 g/mol. The van der Waals surface area contributed by atoms with Crippen LogP contribution >= 0.6 is 15.9 Å². The third kappa shape index (κ3) is 10.6. The first-order valence-electron chi connectivity index (χ1n) is 6.67. The molecule has 0 fully saturated rings. The molecule has 0 amide bonds. The summed E-state index contributed by atoms with van der Waals surface area (Å²) in [7, 11) is 0. The van der Waals surface area contributed by atoms with Crippen molar-refractivity contribution in [3.63, 3.8) is 0 Å². The molecule has 3 heteroatoms. The summed E-state index contributed by atoms with van der Waals surface area (Å²) >= 11 is 3.10. The van der Waals surface area contributed by atoms with Crippen molar-refractivity contribution in [2.45, 2.75) is 41.0 Å². The molecule has 0 aliphatic heterocycles. The Labute approximate surface area is 125 Å². The van der Waals surface area contributed by atoms with E-state index in [9.17, 15) is 9.59 Å². The van der Waals surface area contributed by atoms with Gasteiger partial charge in [-0.25, -0.2) is 0 Å². The van der Waals surface area contributed by atoms with Gasteiger partial charge in [-0.1, -0.05) is 74.0 Å². The summed E-state index contributed by atoms with van der Waals surface area (Å²) in [6.07, 6.45) is 0.968. The number of alkyl halides is 1. The predicted octanol–water partition coefficient (Wildman–Crippen LogP) is 4.91. The Hall–Kier alpha value is -0.960. The van der Waals surface area contributed by atoms with Crippen LogP contribution in [0.1, 0.15) is 51.4 Å². The molecule has 0 radical (unpaired) electrons. The Kier molecular flexibility index (Phi) is 14.4. The van der Waals surface area contributed by atoms with Gasteiger partial charge >= 0.3 is 0 Å². The van der Waals surface area contributed by atoms with E-state index in [0.29, 0.717) is 11.1 Å². The largest absolute Gasteiger partial charge is 0.300 e. The second-order valence-electron chi connectivity index (χ2n) is 3.84. The van der Waals surface area contributed by atoms with Crippen molar-refractivity contribution in [3.05, 3.63) is 35.9 Å². The van der Waals surface area contributed by atoms with Crippen molar-refractivity contribution in [1.29, 1.82) is 0 Å². The highest BCUT2D eigenvalue weighted by molar-refractivity contribution is 9.09. The van der Waals surface area contributed by atoms with Crippen molar-refractivity contribution in [2.24, 2.45) is 5.92 Å². The van der Waals surface area contributed by atoms with Crippen LogP contribution in [0.25, 0.3) is 0 Å². The Morgan fingerprint density at radius 3 is 1.89 bits per heavy atom. The van der Waals surface area contributed by atoms with E-state index in [4.69, 9.17) is 0 Å². The molecule has 0 aliphatic carbocycles. The zero-order valence-corrected chi connectivity index (χ0v) is 14.2. The minimum absolute atomic E-state index is 0.126. The number of rotatable bonds is 4. The van der Waals surface area contributed by atoms with E-state index in [1.54, 1.807) is 6.92 Å². The average Bonchev–Trinajstić information content (AvgIpc) is 2.49. The average molecular weight is 329 g/mol. The van der Waals surface area contributed by atoms with Gasteiger partial charge in [0.2, 0.25) is 0 Å². The highest BCUT2D eigenvalue weighted by Crippen LogP contribution is 2.01. The number of benzene rings is 1. The molecule has 1 aromatic carbocycles. The van der Waals surface area contributed by atoms with Crippen LogP contribution in [0.15, 0.2) is 30.3 Å². The zero-order chi connectivity index (χ0) is 15.3. The van der Waals surface area contributed by atoms with E-state index in [0.717, 1.165) is 12.0 Å². The number of hydrogen-bond donors (Lipinski definition) is 0. The molecule has 2 nitrogen and oxygen atoms in total. The molecular formula is C16H25BrO2. The molecule has 0 heterocycles. The van der Waals surface area contributed by atoms with Gasteiger partial charge in [-0.15, -0.1) is 0 Å². The van der Waals surface area contributed by atoms with Crippen LogP contribution in [-0.2, 0) is 4.79 Å². The monoisotopic (exact) mass is 328 g/mol. The van der Waals surface area contributed by atoms with Crippen molar-refractivity contribution >= 4 is 27.5 Å². The number of carbonyl (C=O) groups is 2. The maximum atomic E-state index is 11.0. The van der Waals surface area contributed by atoms with Crippen molar-refractivity contribution in [2.75, 3.05) is 5.33 Å². The van der Waals surface area contributed by atoms with Gasteiger partial charge in [0.25, 0.3) is 0 Å². The minimum Gasteiger partial charge on any atom is -0.300 e. The summed E-state index contributed by atoms with van der Waals surface area (Å²) in [6.45, 7) is 9.60. The van der Waals surface area contributed by atoms with Crippen LogP contribution in [0.2, 0.25) is 0 Å². The smallest absolute Gasteiger partial charge is 0.173 e. The van der Waals surface area contributed by atoms with Gasteiger partial charge in [0.05, 0.1) is 5.33 Å². The Morgan fingerprint density at radius 2 is 1.63 bits per heavy atom. The third-order valence-electron chi connectivity index (χ3n) is 2.52. The van der Waals surface area contributed by atoms with E-state index in [1.807, 2.05) is 58.0 Å². The first-order chi connectivity index (χ1) is 9.02. The zero-order valence-electron chi connectivity index (χ0n) is 12.6. The summed E-state index contributed by atoms with van der Waals surface area (Å²) in [5.74, 6) is 0.683. The third-order valence-corrected chi connectivity index (χ3v) is 3.03. The fourth-order valence-electron chi connectivity index (χ4n) is 0.989. The van der Waals surface area contributed by atoms with Gasteiger partial charge < -0.3 is 0 Å².